The van der Waals surface area contributed by atoms with Crippen LogP contribution in [0.1, 0.15) is 17.2 Å². The molecular formula is C17H19N5O. The topological polar surface area (TPSA) is 67.8 Å². The Hall–Kier alpha value is -2.44. The lowest BCUT2D eigenvalue weighted by Gasteiger charge is -2.17. The van der Waals surface area contributed by atoms with E-state index in [-0.39, 0.29) is 0 Å². The van der Waals surface area contributed by atoms with Crippen LogP contribution in [-0.4, -0.2) is 26.4 Å². The Bertz CT molecular complexity index is 777. The molecule has 0 radical (unpaired) electrons. The molecule has 23 heavy (non-hydrogen) atoms. The van der Waals surface area contributed by atoms with Gasteiger partial charge in [-0.25, -0.2) is 4.98 Å². The summed E-state index contributed by atoms with van der Waals surface area (Å²) in [5.74, 6) is 1.01. The van der Waals surface area contributed by atoms with Crippen LogP contribution >= 0.6 is 0 Å². The van der Waals surface area contributed by atoms with Crippen molar-refractivity contribution in [2.75, 3.05) is 6.61 Å². The number of ether oxygens (including phenoxy) is 1. The van der Waals surface area contributed by atoms with Crippen molar-refractivity contribution < 1.29 is 4.74 Å². The van der Waals surface area contributed by atoms with Crippen LogP contribution in [0.5, 0.6) is 0 Å². The summed E-state index contributed by atoms with van der Waals surface area (Å²) >= 11 is 0. The van der Waals surface area contributed by atoms with E-state index in [1.807, 2.05) is 24.4 Å². The first-order chi connectivity index (χ1) is 11.4. The summed E-state index contributed by atoms with van der Waals surface area (Å²) in [6.45, 7) is 3.79. The number of benzene rings is 1. The summed E-state index contributed by atoms with van der Waals surface area (Å²) in [5.41, 5.74) is 4.37. The molecule has 2 N–H and O–H groups in total. The van der Waals surface area contributed by atoms with Crippen molar-refractivity contribution in [1.29, 1.82) is 0 Å². The maximum absolute atomic E-state index is 5.41. The molecule has 1 aliphatic rings. The fourth-order valence-electron chi connectivity index (χ4n) is 2.84. The van der Waals surface area contributed by atoms with E-state index in [1.54, 1.807) is 0 Å². The van der Waals surface area contributed by atoms with Crippen LogP contribution in [0.25, 0.3) is 11.3 Å². The van der Waals surface area contributed by atoms with E-state index < -0.39 is 0 Å². The van der Waals surface area contributed by atoms with Gasteiger partial charge < -0.3 is 14.6 Å². The lowest BCUT2D eigenvalue weighted by Crippen LogP contribution is -2.21. The number of hydrogen-bond donors (Lipinski definition) is 2. The van der Waals surface area contributed by atoms with Crippen molar-refractivity contribution in [2.45, 2.75) is 26.2 Å². The van der Waals surface area contributed by atoms with Crippen LogP contribution in [0.4, 0.5) is 0 Å². The summed E-state index contributed by atoms with van der Waals surface area (Å²) in [7, 11) is 0. The molecule has 1 aliphatic heterocycles. The van der Waals surface area contributed by atoms with Gasteiger partial charge in [-0.2, -0.15) is 5.10 Å². The summed E-state index contributed by atoms with van der Waals surface area (Å²) in [4.78, 5) is 4.40. The van der Waals surface area contributed by atoms with Crippen LogP contribution in [0.15, 0.2) is 42.6 Å². The molecule has 0 unspecified atom stereocenters. The maximum atomic E-state index is 5.41. The first kappa shape index (κ1) is 14.2. The average molecular weight is 309 g/mol. The number of hydrogen-bond acceptors (Lipinski definition) is 4. The van der Waals surface area contributed by atoms with Crippen molar-refractivity contribution >= 4 is 0 Å². The first-order valence-electron chi connectivity index (χ1n) is 7.81. The van der Waals surface area contributed by atoms with Gasteiger partial charge in [-0.3, -0.25) is 5.10 Å². The van der Waals surface area contributed by atoms with Crippen molar-refractivity contribution in [3.63, 3.8) is 0 Å². The Morgan fingerprint density at radius 3 is 3.04 bits per heavy atom. The van der Waals surface area contributed by atoms with Gasteiger partial charge in [0, 0.05) is 37.1 Å². The number of H-pyrrole nitrogens is 1. The second-order valence-electron chi connectivity index (χ2n) is 5.62. The number of aromatic nitrogens is 4. The molecule has 0 spiro atoms. The number of fused-ring (bicyclic) bond motifs is 1. The van der Waals surface area contributed by atoms with Crippen LogP contribution in [0, 0.1) is 0 Å². The number of aromatic amines is 1. The molecule has 0 fully saturated rings. The monoisotopic (exact) mass is 309 g/mol. The molecule has 0 saturated heterocycles. The Morgan fingerprint density at radius 1 is 1.22 bits per heavy atom. The Labute approximate surface area is 134 Å². The van der Waals surface area contributed by atoms with Gasteiger partial charge in [-0.15, -0.1) is 0 Å². The predicted octanol–water partition coefficient (Wildman–Crippen LogP) is 2.09. The molecule has 1 aromatic carbocycles. The van der Waals surface area contributed by atoms with Gasteiger partial charge in [-0.1, -0.05) is 30.3 Å². The smallest absolute Gasteiger partial charge is 0.135 e. The molecule has 3 heterocycles. The fourth-order valence-corrected chi connectivity index (χ4v) is 2.84. The standard InChI is InChI=1S/C17H19N5O/c1-2-4-13(5-3-1)16-8-14(20-21-16)9-18-10-15-11-19-17-12-23-7-6-22(15)17/h1-5,8,11,18H,6-7,9-10,12H2,(H,20,21). The number of rotatable bonds is 5. The summed E-state index contributed by atoms with van der Waals surface area (Å²) in [6.07, 6.45) is 1.93. The summed E-state index contributed by atoms with van der Waals surface area (Å²) in [6, 6.07) is 12.3. The van der Waals surface area contributed by atoms with E-state index in [0.717, 1.165) is 49.0 Å². The van der Waals surface area contributed by atoms with Crippen molar-refractivity contribution in [3.8, 4) is 11.3 Å². The molecular weight excluding hydrogens is 290 g/mol. The highest BCUT2D eigenvalue weighted by Gasteiger charge is 2.13. The fraction of sp³-hybridized carbons (Fsp3) is 0.294. The molecule has 2 aromatic heterocycles. The quantitative estimate of drug-likeness (QED) is 0.757. The van der Waals surface area contributed by atoms with Crippen molar-refractivity contribution in [2.24, 2.45) is 0 Å². The van der Waals surface area contributed by atoms with Gasteiger partial charge in [0.15, 0.2) is 0 Å². The summed E-state index contributed by atoms with van der Waals surface area (Å²) in [5, 5.41) is 10.9. The van der Waals surface area contributed by atoms with Crippen molar-refractivity contribution in [3.05, 3.63) is 59.8 Å². The van der Waals surface area contributed by atoms with Gasteiger partial charge >= 0.3 is 0 Å². The molecule has 0 amide bonds. The minimum atomic E-state index is 0.612. The third-order valence-electron chi connectivity index (χ3n) is 4.03. The number of nitrogens with one attached hydrogen (secondary N) is 2. The van der Waals surface area contributed by atoms with Gasteiger partial charge in [0.1, 0.15) is 12.4 Å². The highest BCUT2D eigenvalue weighted by atomic mass is 16.5. The highest BCUT2D eigenvalue weighted by molar-refractivity contribution is 5.58. The van der Waals surface area contributed by atoms with E-state index in [9.17, 15) is 0 Å². The number of nitrogens with zero attached hydrogens (tertiary/aromatic N) is 3. The molecule has 6 heteroatoms. The van der Waals surface area contributed by atoms with Crippen LogP contribution in [0.3, 0.4) is 0 Å². The minimum Gasteiger partial charge on any atom is -0.372 e. The van der Waals surface area contributed by atoms with E-state index >= 15 is 0 Å². The minimum absolute atomic E-state index is 0.612. The number of imidazole rings is 1. The first-order valence-corrected chi connectivity index (χ1v) is 7.81. The second kappa shape index (κ2) is 6.36. The SMILES string of the molecule is c1ccc(-c2cc(CNCc3cnc4n3CCOC4)[nH]n2)cc1. The molecule has 4 rings (SSSR count). The lowest BCUT2D eigenvalue weighted by molar-refractivity contribution is 0.0805. The average Bonchev–Trinajstić information content (AvgIpc) is 3.23. The summed E-state index contributed by atoms with van der Waals surface area (Å²) < 4.78 is 7.65. The zero-order chi connectivity index (χ0) is 15.5. The third kappa shape index (κ3) is 3.04. The normalized spacial score (nSPS) is 13.9. The van der Waals surface area contributed by atoms with Gasteiger partial charge in [0.05, 0.1) is 18.0 Å². The Balaban J connectivity index is 1.37. The van der Waals surface area contributed by atoms with Gasteiger partial charge in [0.25, 0.3) is 0 Å². The Kier molecular flexibility index (Phi) is 3.92. The van der Waals surface area contributed by atoms with E-state index in [2.05, 4.69) is 43.3 Å². The van der Waals surface area contributed by atoms with Gasteiger partial charge in [0.2, 0.25) is 0 Å². The van der Waals surface area contributed by atoms with Gasteiger partial charge in [-0.05, 0) is 6.07 Å². The second-order valence-corrected chi connectivity index (χ2v) is 5.62. The molecule has 0 aliphatic carbocycles. The van der Waals surface area contributed by atoms with E-state index in [0.29, 0.717) is 6.61 Å². The molecule has 0 bridgehead atoms. The third-order valence-corrected chi connectivity index (χ3v) is 4.03. The largest absolute Gasteiger partial charge is 0.372 e. The zero-order valence-electron chi connectivity index (χ0n) is 12.8. The molecule has 0 atom stereocenters. The van der Waals surface area contributed by atoms with E-state index in [4.69, 9.17) is 4.74 Å². The Morgan fingerprint density at radius 2 is 2.13 bits per heavy atom. The van der Waals surface area contributed by atoms with Crippen LogP contribution in [-0.2, 0) is 31.0 Å². The highest BCUT2D eigenvalue weighted by Crippen LogP contribution is 2.17. The maximum Gasteiger partial charge on any atom is 0.135 e. The lowest BCUT2D eigenvalue weighted by atomic mass is 10.1. The molecule has 118 valence electrons. The zero-order valence-corrected chi connectivity index (χ0v) is 12.8. The van der Waals surface area contributed by atoms with E-state index in [1.165, 1.54) is 5.69 Å². The molecule has 3 aromatic rings. The van der Waals surface area contributed by atoms with Crippen LogP contribution < -0.4 is 5.32 Å². The van der Waals surface area contributed by atoms with Crippen molar-refractivity contribution in [1.82, 2.24) is 25.1 Å². The van der Waals surface area contributed by atoms with Crippen LogP contribution in [0.2, 0.25) is 0 Å². The molecule has 6 nitrogen and oxygen atoms in total. The molecule has 0 saturated carbocycles. The predicted molar refractivity (Wildman–Crippen MR) is 86.5 cm³/mol.